The number of rotatable bonds is 7. The monoisotopic (exact) mass is 653 g/mol. The number of alkyl halides is 12. The lowest BCUT2D eigenvalue weighted by Crippen LogP contribution is -2.60. The Labute approximate surface area is 235 Å². The van der Waals surface area contributed by atoms with Crippen LogP contribution in [0.5, 0.6) is 11.5 Å². The van der Waals surface area contributed by atoms with Gasteiger partial charge in [-0.05, 0) is 36.4 Å². The van der Waals surface area contributed by atoms with Gasteiger partial charge in [-0.1, -0.05) is 12.1 Å². The van der Waals surface area contributed by atoms with E-state index in [2.05, 4.69) is 4.74 Å². The van der Waals surface area contributed by atoms with Gasteiger partial charge in [0.2, 0.25) is 0 Å². The van der Waals surface area contributed by atoms with Gasteiger partial charge in [0.25, 0.3) is 11.2 Å². The van der Waals surface area contributed by atoms with Gasteiger partial charge in [0.1, 0.15) is 24.7 Å². The molecule has 3 aromatic carbocycles. The summed E-state index contributed by atoms with van der Waals surface area (Å²) in [7, 11) is -0.985. The molecule has 234 valence electrons. The van der Waals surface area contributed by atoms with E-state index < -0.39 is 71.1 Å². The third-order valence-electron chi connectivity index (χ3n) is 6.40. The van der Waals surface area contributed by atoms with E-state index in [1.54, 1.807) is 24.3 Å². The number of hydrogen-bond acceptors (Lipinski definition) is 4. The lowest BCUT2D eigenvalue weighted by atomic mass is 10.0. The van der Waals surface area contributed by atoms with Crippen molar-refractivity contribution in [2.45, 2.75) is 35.9 Å². The lowest BCUT2D eigenvalue weighted by molar-refractivity contribution is -0.374. The van der Waals surface area contributed by atoms with E-state index in [1.165, 1.54) is 24.3 Å². The summed E-state index contributed by atoms with van der Waals surface area (Å²) >= 11 is 0. The SMILES string of the molecule is OC(COc1ccc(-[s+]2c3ccccc3c3cc(OCC(O)(C(F)(F)F)C(F)(F)F)ccc32)cc1)(C(F)(F)F)C(F)(F)F. The molecule has 2 N–H and O–H groups in total. The maximum atomic E-state index is 13.0. The first kappa shape index (κ1) is 32.5. The molecule has 4 aromatic rings. The molecule has 0 aliphatic carbocycles. The minimum atomic E-state index is -6.09. The number of fused-ring (bicyclic) bond motifs is 3. The van der Waals surface area contributed by atoms with E-state index >= 15 is 0 Å². The second-order valence-electron chi connectivity index (χ2n) is 9.22. The van der Waals surface area contributed by atoms with Crippen LogP contribution < -0.4 is 9.47 Å². The molecule has 0 aliphatic heterocycles. The standard InChI is InChI=1S/C26H17F12O4S/c27-23(28,29)21(39,24(30,31)32)12-41-14-5-8-16(9-6-14)43-19-4-2-1-3-17(19)18-11-15(7-10-20(18)43)42-13-22(40,25(33,34)35)26(36,37)38/h1-11,39-40H,12-13H2/q+1. The second-order valence-corrected chi connectivity index (χ2v) is 11.2. The normalized spacial score (nSPS) is 14.4. The summed E-state index contributed by atoms with van der Waals surface area (Å²) in [5.74, 6) is -0.853. The maximum Gasteiger partial charge on any atom is 0.429 e. The number of benzene rings is 3. The highest BCUT2D eigenvalue weighted by Gasteiger charge is 2.72. The average molecular weight is 653 g/mol. The lowest BCUT2D eigenvalue weighted by Gasteiger charge is -2.31. The Morgan fingerprint density at radius 3 is 1.42 bits per heavy atom. The van der Waals surface area contributed by atoms with Crippen molar-refractivity contribution >= 4 is 30.6 Å². The van der Waals surface area contributed by atoms with Crippen molar-refractivity contribution in [3.8, 4) is 16.4 Å². The van der Waals surface area contributed by atoms with Gasteiger partial charge in [0, 0.05) is 34.1 Å². The minimum absolute atomic E-state index is 0.361. The molecular weight excluding hydrogens is 636 g/mol. The molecule has 43 heavy (non-hydrogen) atoms. The van der Waals surface area contributed by atoms with Gasteiger partial charge in [-0.3, -0.25) is 0 Å². The maximum absolute atomic E-state index is 13.0. The highest BCUT2D eigenvalue weighted by Crippen LogP contribution is 2.50. The van der Waals surface area contributed by atoms with E-state index in [4.69, 9.17) is 4.74 Å². The van der Waals surface area contributed by atoms with E-state index in [-0.39, 0.29) is 0 Å². The minimum Gasteiger partial charge on any atom is -0.490 e. The predicted molar refractivity (Wildman–Crippen MR) is 130 cm³/mol. The summed E-state index contributed by atoms with van der Waals surface area (Å²) in [4.78, 5) is 0.470. The van der Waals surface area contributed by atoms with Gasteiger partial charge in [-0.15, -0.1) is 0 Å². The Morgan fingerprint density at radius 2 is 0.930 bits per heavy atom. The van der Waals surface area contributed by atoms with Crippen LogP contribution in [0.2, 0.25) is 0 Å². The summed E-state index contributed by atoms with van der Waals surface area (Å²) in [6, 6.07) is 15.0. The van der Waals surface area contributed by atoms with Gasteiger partial charge in [-0.2, -0.15) is 52.7 Å². The quantitative estimate of drug-likeness (QED) is 0.156. The van der Waals surface area contributed by atoms with Crippen LogP contribution in [0.4, 0.5) is 52.7 Å². The number of thiophene rings is 1. The van der Waals surface area contributed by atoms with E-state index in [9.17, 15) is 62.9 Å². The van der Waals surface area contributed by atoms with Crippen LogP contribution in [0.3, 0.4) is 0 Å². The Morgan fingerprint density at radius 1 is 0.512 bits per heavy atom. The third kappa shape index (κ3) is 5.76. The summed E-state index contributed by atoms with van der Waals surface area (Å²) in [5.41, 5.74) is -10.3. The Kier molecular flexibility index (Phi) is 8.02. The summed E-state index contributed by atoms with van der Waals surface area (Å²) in [5, 5.41) is 19.5. The molecule has 4 rings (SSSR count). The molecule has 1 heterocycles. The van der Waals surface area contributed by atoms with E-state index in [0.717, 1.165) is 18.2 Å². The molecule has 17 heteroatoms. The fourth-order valence-corrected chi connectivity index (χ4v) is 6.28. The smallest absolute Gasteiger partial charge is 0.429 e. The van der Waals surface area contributed by atoms with Gasteiger partial charge >= 0.3 is 24.7 Å². The van der Waals surface area contributed by atoms with Crippen LogP contribution >= 0.6 is 10.5 Å². The van der Waals surface area contributed by atoms with Crippen molar-refractivity contribution in [2.24, 2.45) is 0 Å². The fourth-order valence-electron chi connectivity index (χ4n) is 3.92. The molecule has 0 bridgehead atoms. The molecule has 0 amide bonds. The van der Waals surface area contributed by atoms with Crippen molar-refractivity contribution in [1.82, 2.24) is 0 Å². The summed E-state index contributed by atoms with van der Waals surface area (Å²) in [6.45, 7) is -4.34. The number of ether oxygens (including phenoxy) is 2. The van der Waals surface area contributed by atoms with Crippen molar-refractivity contribution in [2.75, 3.05) is 13.2 Å². The molecule has 0 fully saturated rings. The zero-order valence-electron chi connectivity index (χ0n) is 20.9. The van der Waals surface area contributed by atoms with Gasteiger partial charge in [-0.25, -0.2) is 0 Å². The summed E-state index contributed by atoms with van der Waals surface area (Å²) in [6.07, 6.45) is -24.3. The molecular formula is C26H17F12O4S+. The molecule has 0 aliphatic rings. The van der Waals surface area contributed by atoms with Crippen molar-refractivity contribution in [1.29, 1.82) is 0 Å². The molecule has 0 spiro atoms. The van der Waals surface area contributed by atoms with Crippen LogP contribution in [0.1, 0.15) is 0 Å². The molecule has 1 aromatic heterocycles. The fraction of sp³-hybridized carbons (Fsp3) is 0.308. The van der Waals surface area contributed by atoms with Crippen LogP contribution in [0.25, 0.3) is 25.1 Å². The van der Waals surface area contributed by atoms with Gasteiger partial charge in [0.05, 0.1) is 5.39 Å². The third-order valence-corrected chi connectivity index (χ3v) is 8.73. The van der Waals surface area contributed by atoms with E-state index in [1.807, 2.05) is 0 Å². The highest BCUT2D eigenvalue weighted by atomic mass is 32.2. The van der Waals surface area contributed by atoms with Crippen LogP contribution in [0.15, 0.2) is 66.7 Å². The van der Waals surface area contributed by atoms with Gasteiger partial charge < -0.3 is 19.7 Å². The molecule has 4 nitrogen and oxygen atoms in total. The largest absolute Gasteiger partial charge is 0.490 e. The topological polar surface area (TPSA) is 58.9 Å². The average Bonchev–Trinajstić information content (AvgIpc) is 3.21. The number of aliphatic hydroxyl groups is 2. The van der Waals surface area contributed by atoms with Crippen molar-refractivity contribution < 1.29 is 72.4 Å². The van der Waals surface area contributed by atoms with Crippen LogP contribution in [-0.2, 0) is 0 Å². The first-order valence-corrected chi connectivity index (χ1v) is 12.9. The van der Waals surface area contributed by atoms with Crippen molar-refractivity contribution in [3.63, 3.8) is 0 Å². The Balaban J connectivity index is 1.67. The molecule has 1 unspecified atom stereocenters. The zero-order chi connectivity index (χ0) is 32.2. The first-order chi connectivity index (χ1) is 19.6. The van der Waals surface area contributed by atoms with Crippen LogP contribution in [-0.4, -0.2) is 59.3 Å². The molecule has 0 saturated carbocycles. The Hall–Kier alpha value is -3.44. The summed E-state index contributed by atoms with van der Waals surface area (Å²) < 4.78 is 166. The number of halogens is 12. The van der Waals surface area contributed by atoms with Crippen LogP contribution in [0, 0.1) is 0 Å². The zero-order valence-corrected chi connectivity index (χ0v) is 21.7. The van der Waals surface area contributed by atoms with Crippen molar-refractivity contribution in [3.05, 3.63) is 66.7 Å². The predicted octanol–water partition coefficient (Wildman–Crippen LogP) is 8.20. The molecule has 0 saturated heterocycles. The molecule has 0 radical (unpaired) electrons. The molecule has 1 atom stereocenters. The highest BCUT2D eigenvalue weighted by molar-refractivity contribution is 7.50. The number of hydrogen-bond donors (Lipinski definition) is 2. The first-order valence-electron chi connectivity index (χ1n) is 11.7. The van der Waals surface area contributed by atoms with Gasteiger partial charge in [0.15, 0.2) is 14.3 Å². The second kappa shape index (κ2) is 10.6. The van der Waals surface area contributed by atoms with E-state index in [0.29, 0.717) is 25.1 Å². The Bertz CT molecular complexity index is 1570.